The van der Waals surface area contributed by atoms with Gasteiger partial charge in [-0.3, -0.25) is 0 Å². The van der Waals surface area contributed by atoms with E-state index in [0.29, 0.717) is 18.0 Å². The molecule has 2 N–H and O–H groups in total. The highest BCUT2D eigenvalue weighted by atomic mass is 16.7. The molecule has 0 radical (unpaired) electrons. The van der Waals surface area contributed by atoms with Crippen LogP contribution >= 0.6 is 0 Å². The minimum absolute atomic E-state index is 0.142. The number of phenolic OH excluding ortho intramolecular Hbond substituents is 1. The van der Waals surface area contributed by atoms with Gasteiger partial charge in [-0.2, -0.15) is 0 Å². The average molecular weight is 265 g/mol. The van der Waals surface area contributed by atoms with E-state index in [-0.39, 0.29) is 18.1 Å². The third-order valence-corrected chi connectivity index (χ3v) is 4.26. The monoisotopic (exact) mass is 265 g/mol. The molecule has 4 nitrogen and oxygen atoms in total. The molecule has 0 fully saturated rings. The SMILES string of the molecule is CCC(CC)(CC)NCc1cc2c(cc1O)OCO2. The summed E-state index contributed by atoms with van der Waals surface area (Å²) in [5, 5.41) is 13.6. The maximum Gasteiger partial charge on any atom is 0.231 e. The van der Waals surface area contributed by atoms with E-state index in [0.717, 1.165) is 24.8 Å². The van der Waals surface area contributed by atoms with Gasteiger partial charge in [0, 0.05) is 23.7 Å². The second-order valence-electron chi connectivity index (χ2n) is 5.03. The largest absolute Gasteiger partial charge is 0.507 e. The zero-order valence-electron chi connectivity index (χ0n) is 12.0. The van der Waals surface area contributed by atoms with E-state index in [2.05, 4.69) is 26.1 Å². The zero-order chi connectivity index (χ0) is 13.9. The lowest BCUT2D eigenvalue weighted by Crippen LogP contribution is -2.43. The van der Waals surface area contributed by atoms with Gasteiger partial charge >= 0.3 is 0 Å². The van der Waals surface area contributed by atoms with E-state index in [1.165, 1.54) is 0 Å². The van der Waals surface area contributed by atoms with Crippen molar-refractivity contribution in [3.63, 3.8) is 0 Å². The van der Waals surface area contributed by atoms with E-state index in [1.54, 1.807) is 6.07 Å². The van der Waals surface area contributed by atoms with Crippen molar-refractivity contribution in [3.05, 3.63) is 17.7 Å². The predicted octanol–water partition coefficient (Wildman–Crippen LogP) is 3.18. The standard InChI is InChI=1S/C15H23NO3/c1-4-15(5-2,6-3)16-9-11-7-13-14(8-12(11)17)19-10-18-13/h7-8,16-17H,4-6,9-10H2,1-3H3. The molecule has 0 spiro atoms. The quantitative estimate of drug-likeness (QED) is 0.829. The van der Waals surface area contributed by atoms with Gasteiger partial charge in [0.1, 0.15) is 5.75 Å². The van der Waals surface area contributed by atoms with Gasteiger partial charge in [-0.05, 0) is 25.3 Å². The first-order valence-electron chi connectivity index (χ1n) is 7.00. The molecule has 0 saturated carbocycles. The Kier molecular flexibility index (Phi) is 4.20. The molecular weight excluding hydrogens is 242 g/mol. The summed E-state index contributed by atoms with van der Waals surface area (Å²) in [6.45, 7) is 7.45. The molecule has 1 aliphatic rings. The maximum absolute atomic E-state index is 10.0. The topological polar surface area (TPSA) is 50.7 Å². The summed E-state index contributed by atoms with van der Waals surface area (Å²) < 4.78 is 10.6. The lowest BCUT2D eigenvalue weighted by molar-refractivity contribution is 0.174. The molecule has 0 atom stereocenters. The van der Waals surface area contributed by atoms with Crippen LogP contribution in [0.25, 0.3) is 0 Å². The fraction of sp³-hybridized carbons (Fsp3) is 0.600. The molecule has 1 aliphatic heterocycles. The molecule has 0 bridgehead atoms. The summed E-state index contributed by atoms with van der Waals surface area (Å²) in [6.07, 6.45) is 3.22. The highest BCUT2D eigenvalue weighted by molar-refractivity contribution is 5.51. The number of nitrogens with one attached hydrogen (secondary N) is 1. The number of aromatic hydroxyl groups is 1. The first-order chi connectivity index (χ1) is 9.14. The highest BCUT2D eigenvalue weighted by Gasteiger charge is 2.24. The molecule has 1 heterocycles. The number of phenols is 1. The van der Waals surface area contributed by atoms with Gasteiger partial charge in [0.15, 0.2) is 11.5 Å². The van der Waals surface area contributed by atoms with Crippen LogP contribution in [0, 0.1) is 0 Å². The highest BCUT2D eigenvalue weighted by Crippen LogP contribution is 2.37. The number of rotatable bonds is 6. The van der Waals surface area contributed by atoms with Gasteiger partial charge < -0.3 is 19.9 Å². The van der Waals surface area contributed by atoms with Gasteiger partial charge in [0.05, 0.1) is 0 Å². The van der Waals surface area contributed by atoms with Gasteiger partial charge in [-0.15, -0.1) is 0 Å². The summed E-state index contributed by atoms with van der Waals surface area (Å²) in [7, 11) is 0. The van der Waals surface area contributed by atoms with E-state index in [1.807, 2.05) is 6.07 Å². The molecule has 4 heteroatoms. The normalized spacial score (nSPS) is 13.8. The van der Waals surface area contributed by atoms with Gasteiger partial charge in [-0.1, -0.05) is 20.8 Å². The van der Waals surface area contributed by atoms with E-state index in [9.17, 15) is 5.11 Å². The van der Waals surface area contributed by atoms with Crippen molar-refractivity contribution < 1.29 is 14.6 Å². The Bertz CT molecular complexity index is 433. The van der Waals surface area contributed by atoms with Crippen LogP contribution in [0.4, 0.5) is 0 Å². The molecular formula is C15H23NO3. The molecule has 2 rings (SSSR count). The second kappa shape index (κ2) is 5.70. The Balaban J connectivity index is 2.11. The van der Waals surface area contributed by atoms with Crippen LogP contribution in [0.3, 0.4) is 0 Å². The van der Waals surface area contributed by atoms with Gasteiger partial charge in [0.25, 0.3) is 0 Å². The number of fused-ring (bicyclic) bond motifs is 1. The molecule has 106 valence electrons. The summed E-state index contributed by atoms with van der Waals surface area (Å²) in [4.78, 5) is 0. The van der Waals surface area contributed by atoms with Crippen LogP contribution in [-0.4, -0.2) is 17.4 Å². The fourth-order valence-corrected chi connectivity index (χ4v) is 2.52. The van der Waals surface area contributed by atoms with Crippen LogP contribution in [0.5, 0.6) is 17.2 Å². The molecule has 1 aromatic rings. The van der Waals surface area contributed by atoms with Crippen molar-refractivity contribution in [2.45, 2.75) is 52.1 Å². The summed E-state index contributed by atoms with van der Waals surface area (Å²) in [5.74, 6) is 1.59. The Hall–Kier alpha value is -1.42. The van der Waals surface area contributed by atoms with Crippen LogP contribution in [0.1, 0.15) is 45.6 Å². The van der Waals surface area contributed by atoms with Crippen molar-refractivity contribution in [2.75, 3.05) is 6.79 Å². The van der Waals surface area contributed by atoms with Crippen molar-refractivity contribution in [1.29, 1.82) is 0 Å². The van der Waals surface area contributed by atoms with Crippen LogP contribution in [0.15, 0.2) is 12.1 Å². The first-order valence-corrected chi connectivity index (χ1v) is 7.00. The number of ether oxygens (including phenoxy) is 2. The minimum Gasteiger partial charge on any atom is -0.507 e. The van der Waals surface area contributed by atoms with E-state index >= 15 is 0 Å². The Labute approximate surface area is 114 Å². The molecule has 19 heavy (non-hydrogen) atoms. The molecule has 0 unspecified atom stereocenters. The van der Waals surface area contributed by atoms with Crippen molar-refractivity contribution in [1.82, 2.24) is 5.32 Å². The third-order valence-electron chi connectivity index (χ3n) is 4.26. The van der Waals surface area contributed by atoms with E-state index in [4.69, 9.17) is 9.47 Å². The van der Waals surface area contributed by atoms with Crippen LogP contribution < -0.4 is 14.8 Å². The Morgan fingerprint density at radius 1 is 1.11 bits per heavy atom. The number of hydrogen-bond donors (Lipinski definition) is 2. The Morgan fingerprint density at radius 3 is 2.26 bits per heavy atom. The van der Waals surface area contributed by atoms with Crippen molar-refractivity contribution >= 4 is 0 Å². The fourth-order valence-electron chi connectivity index (χ4n) is 2.52. The molecule has 0 aliphatic carbocycles. The second-order valence-corrected chi connectivity index (χ2v) is 5.03. The maximum atomic E-state index is 10.0. The predicted molar refractivity (Wildman–Crippen MR) is 74.7 cm³/mol. The summed E-state index contributed by atoms with van der Waals surface area (Å²) in [6, 6.07) is 3.49. The number of benzene rings is 1. The number of hydrogen-bond acceptors (Lipinski definition) is 4. The summed E-state index contributed by atoms with van der Waals surface area (Å²) >= 11 is 0. The van der Waals surface area contributed by atoms with Gasteiger partial charge in [-0.25, -0.2) is 0 Å². The smallest absolute Gasteiger partial charge is 0.231 e. The lowest BCUT2D eigenvalue weighted by Gasteiger charge is -2.32. The third kappa shape index (κ3) is 2.78. The molecule has 0 aromatic heterocycles. The average Bonchev–Trinajstić information content (AvgIpc) is 2.88. The van der Waals surface area contributed by atoms with Crippen molar-refractivity contribution in [2.24, 2.45) is 0 Å². The Morgan fingerprint density at radius 2 is 1.68 bits per heavy atom. The zero-order valence-corrected chi connectivity index (χ0v) is 12.0. The molecule has 0 saturated heterocycles. The van der Waals surface area contributed by atoms with E-state index < -0.39 is 0 Å². The van der Waals surface area contributed by atoms with Crippen LogP contribution in [-0.2, 0) is 6.54 Å². The van der Waals surface area contributed by atoms with Crippen molar-refractivity contribution in [3.8, 4) is 17.2 Å². The van der Waals surface area contributed by atoms with Gasteiger partial charge in [0.2, 0.25) is 6.79 Å². The van der Waals surface area contributed by atoms with Crippen LogP contribution in [0.2, 0.25) is 0 Å². The lowest BCUT2D eigenvalue weighted by atomic mass is 9.89. The minimum atomic E-state index is 0.142. The molecule has 1 aromatic carbocycles. The summed E-state index contributed by atoms with van der Waals surface area (Å²) in [5.41, 5.74) is 0.993. The molecule has 0 amide bonds. The first kappa shape index (κ1) is 14.0.